The monoisotopic (exact) mass is 377 g/mol. The fourth-order valence-corrected chi connectivity index (χ4v) is 3.04. The minimum atomic E-state index is -4.00. The average Bonchev–Trinajstić information content (AvgIpc) is 2.63. The summed E-state index contributed by atoms with van der Waals surface area (Å²) in [6.45, 7) is 7.24. The largest absolute Gasteiger partial charge is 0.508 e. The Labute approximate surface area is 154 Å². The van der Waals surface area contributed by atoms with Gasteiger partial charge < -0.3 is 9.84 Å². The molecule has 3 rings (SSSR count). The van der Waals surface area contributed by atoms with Crippen molar-refractivity contribution < 1.29 is 22.8 Å². The smallest absolute Gasteiger partial charge is 0.294 e. The van der Waals surface area contributed by atoms with Crippen molar-refractivity contribution in [2.24, 2.45) is 0 Å². The van der Waals surface area contributed by atoms with E-state index >= 15 is 0 Å². The van der Waals surface area contributed by atoms with Crippen LogP contribution in [0.3, 0.4) is 0 Å². The first kappa shape index (κ1) is 20.1. The van der Waals surface area contributed by atoms with Crippen LogP contribution in [-0.2, 0) is 14.9 Å². The Morgan fingerprint density at radius 2 is 1.81 bits per heavy atom. The Morgan fingerprint density at radius 1 is 1.15 bits per heavy atom. The number of hydrogen-bond acceptors (Lipinski definition) is 5. The number of morpholine rings is 1. The minimum Gasteiger partial charge on any atom is -0.508 e. The van der Waals surface area contributed by atoms with Gasteiger partial charge in [-0.3, -0.25) is 9.45 Å². The Balaban J connectivity index is 0.000000209. The fourth-order valence-electron chi connectivity index (χ4n) is 2.53. The van der Waals surface area contributed by atoms with Crippen LogP contribution in [-0.4, -0.2) is 49.2 Å². The Bertz CT molecular complexity index is 790. The lowest BCUT2D eigenvalue weighted by molar-refractivity contribution is -0.0260. The van der Waals surface area contributed by atoms with E-state index in [0.717, 1.165) is 31.8 Å². The van der Waals surface area contributed by atoms with Gasteiger partial charge in [0.15, 0.2) is 0 Å². The lowest BCUT2D eigenvalue weighted by Gasteiger charge is -2.32. The number of phenolic OH excluding ortho intramolecular Hbond substituents is 1. The molecule has 2 N–H and O–H groups in total. The van der Waals surface area contributed by atoms with Gasteiger partial charge in [0.1, 0.15) is 5.75 Å². The highest BCUT2D eigenvalue weighted by Crippen LogP contribution is 2.23. The van der Waals surface area contributed by atoms with Gasteiger partial charge in [0.2, 0.25) is 0 Å². The molecule has 0 amide bonds. The van der Waals surface area contributed by atoms with Crippen LogP contribution in [0.1, 0.15) is 11.7 Å². The summed E-state index contributed by atoms with van der Waals surface area (Å²) >= 11 is 0. The fraction of sp³-hybridized carbons (Fsp3) is 0.263. The quantitative estimate of drug-likeness (QED) is 0.629. The molecule has 1 atom stereocenters. The van der Waals surface area contributed by atoms with Crippen LogP contribution in [0.15, 0.2) is 72.1 Å². The molecule has 6 nitrogen and oxygen atoms in total. The van der Waals surface area contributed by atoms with Gasteiger partial charge in [-0.15, -0.1) is 6.58 Å². The molecule has 2 aromatic rings. The predicted molar refractivity (Wildman–Crippen MR) is 99.7 cm³/mol. The van der Waals surface area contributed by atoms with Crippen LogP contribution >= 0.6 is 0 Å². The molecule has 0 aromatic heterocycles. The molecule has 1 heterocycles. The molecule has 0 bridgehead atoms. The SMILES string of the molecule is C=CCN1CCO[C@@H](c2ccc(O)cc2)C1.O=S(=O)(O)c1ccccc1. The van der Waals surface area contributed by atoms with Crippen LogP contribution in [0, 0.1) is 0 Å². The maximum atomic E-state index is 10.4. The maximum Gasteiger partial charge on any atom is 0.294 e. The summed E-state index contributed by atoms with van der Waals surface area (Å²) in [6, 6.07) is 14.6. The summed E-state index contributed by atoms with van der Waals surface area (Å²) in [5.74, 6) is 0.294. The number of phenols is 1. The topological polar surface area (TPSA) is 87.1 Å². The predicted octanol–water partition coefficient (Wildman–Crippen LogP) is 2.88. The molecule has 1 aliphatic rings. The zero-order valence-electron chi connectivity index (χ0n) is 14.4. The molecule has 140 valence electrons. The molecule has 7 heteroatoms. The van der Waals surface area contributed by atoms with Crippen LogP contribution in [0.5, 0.6) is 5.75 Å². The van der Waals surface area contributed by atoms with Crippen LogP contribution < -0.4 is 0 Å². The van der Waals surface area contributed by atoms with E-state index in [1.54, 1.807) is 30.3 Å². The third-order valence-corrected chi connectivity index (χ3v) is 4.71. The summed E-state index contributed by atoms with van der Waals surface area (Å²) in [6.07, 6.45) is 2.02. The lowest BCUT2D eigenvalue weighted by Crippen LogP contribution is -2.38. The molecule has 1 fully saturated rings. The molecule has 0 unspecified atom stereocenters. The average molecular weight is 377 g/mol. The summed E-state index contributed by atoms with van der Waals surface area (Å²) in [7, 11) is -4.00. The van der Waals surface area contributed by atoms with Crippen molar-refractivity contribution in [1.29, 1.82) is 0 Å². The van der Waals surface area contributed by atoms with Crippen LogP contribution in [0.25, 0.3) is 0 Å². The second-order valence-corrected chi connectivity index (χ2v) is 7.21. The first-order valence-corrected chi connectivity index (χ1v) is 9.60. The molecule has 2 aromatic carbocycles. The molecular formula is C19H23NO5S. The molecule has 1 saturated heterocycles. The van der Waals surface area contributed by atoms with Crippen LogP contribution in [0.2, 0.25) is 0 Å². The standard InChI is InChI=1S/C13H17NO2.C6H6O3S/c1-2-7-14-8-9-16-13(10-14)11-3-5-12(15)6-4-11;7-10(8,9)6-4-2-1-3-5-6/h2-6,13,15H,1,7-10H2;1-5H,(H,7,8,9)/t13-;/m1./s1. The molecule has 0 radical (unpaired) electrons. The number of rotatable bonds is 4. The summed E-state index contributed by atoms with van der Waals surface area (Å²) < 4.78 is 35.0. The Hall–Kier alpha value is -2.19. The first-order valence-electron chi connectivity index (χ1n) is 8.16. The molecular weight excluding hydrogens is 354 g/mol. The highest BCUT2D eigenvalue weighted by atomic mass is 32.2. The van der Waals surface area contributed by atoms with E-state index in [1.165, 1.54) is 12.1 Å². The van der Waals surface area contributed by atoms with Crippen LogP contribution in [0.4, 0.5) is 0 Å². The van der Waals surface area contributed by atoms with E-state index in [2.05, 4.69) is 11.5 Å². The third-order valence-electron chi connectivity index (χ3n) is 3.84. The van der Waals surface area contributed by atoms with E-state index in [9.17, 15) is 13.5 Å². The van der Waals surface area contributed by atoms with Crippen molar-refractivity contribution in [3.8, 4) is 5.75 Å². The number of benzene rings is 2. The summed E-state index contributed by atoms with van der Waals surface area (Å²) in [5.41, 5.74) is 1.12. The van der Waals surface area contributed by atoms with Crippen molar-refractivity contribution in [3.63, 3.8) is 0 Å². The van der Waals surface area contributed by atoms with Gasteiger partial charge in [-0.05, 0) is 29.8 Å². The molecule has 0 spiro atoms. The highest BCUT2D eigenvalue weighted by molar-refractivity contribution is 7.85. The van der Waals surface area contributed by atoms with Crippen molar-refractivity contribution in [2.75, 3.05) is 26.2 Å². The van der Waals surface area contributed by atoms with E-state index in [-0.39, 0.29) is 11.0 Å². The molecule has 1 aliphatic heterocycles. The summed E-state index contributed by atoms with van der Waals surface area (Å²) in [5, 5.41) is 9.23. The normalized spacial score (nSPS) is 17.8. The van der Waals surface area contributed by atoms with Gasteiger partial charge in [0.25, 0.3) is 10.1 Å². The zero-order chi connectivity index (χ0) is 19.0. The van der Waals surface area contributed by atoms with Gasteiger partial charge >= 0.3 is 0 Å². The zero-order valence-corrected chi connectivity index (χ0v) is 15.2. The lowest BCUT2D eigenvalue weighted by atomic mass is 10.1. The second-order valence-electron chi connectivity index (χ2n) is 5.79. The number of ether oxygens (including phenoxy) is 1. The second kappa shape index (κ2) is 9.49. The summed E-state index contributed by atoms with van der Waals surface area (Å²) in [4.78, 5) is 2.24. The van der Waals surface area contributed by atoms with Gasteiger partial charge in [-0.1, -0.05) is 36.4 Å². The number of hydrogen-bond donors (Lipinski definition) is 2. The van der Waals surface area contributed by atoms with Crippen molar-refractivity contribution >= 4 is 10.1 Å². The van der Waals surface area contributed by atoms with E-state index in [4.69, 9.17) is 9.29 Å². The van der Waals surface area contributed by atoms with Gasteiger partial charge in [-0.25, -0.2) is 0 Å². The number of aromatic hydroxyl groups is 1. The maximum absolute atomic E-state index is 10.4. The van der Waals surface area contributed by atoms with Gasteiger partial charge in [0, 0.05) is 19.6 Å². The van der Waals surface area contributed by atoms with E-state index in [0.29, 0.717) is 5.75 Å². The Morgan fingerprint density at radius 3 is 2.35 bits per heavy atom. The van der Waals surface area contributed by atoms with Crippen molar-refractivity contribution in [2.45, 2.75) is 11.0 Å². The minimum absolute atomic E-state index is 0.0741. The number of nitrogens with zero attached hydrogens (tertiary/aromatic N) is 1. The van der Waals surface area contributed by atoms with E-state index < -0.39 is 10.1 Å². The molecule has 0 saturated carbocycles. The van der Waals surface area contributed by atoms with E-state index in [1.807, 2.05) is 18.2 Å². The highest BCUT2D eigenvalue weighted by Gasteiger charge is 2.20. The van der Waals surface area contributed by atoms with Gasteiger partial charge in [0.05, 0.1) is 17.6 Å². The molecule has 0 aliphatic carbocycles. The third kappa shape index (κ3) is 6.27. The van der Waals surface area contributed by atoms with Crippen molar-refractivity contribution in [1.82, 2.24) is 4.90 Å². The van der Waals surface area contributed by atoms with Crippen molar-refractivity contribution in [3.05, 3.63) is 72.8 Å². The van der Waals surface area contributed by atoms with Gasteiger partial charge in [-0.2, -0.15) is 8.42 Å². The first-order chi connectivity index (χ1) is 12.4. The Kier molecular flexibility index (Phi) is 7.35. The molecule has 26 heavy (non-hydrogen) atoms.